The fraction of sp³-hybridized carbons (Fsp3) is 0.462. The largest absolute Gasteiger partial charge is 0.293 e. The summed E-state index contributed by atoms with van der Waals surface area (Å²) in [7, 11) is 0. The highest BCUT2D eigenvalue weighted by molar-refractivity contribution is 7.11. The SMILES string of the molecule is CCC(CC)n1ccc(CC(=O)c2cncs2)n1. The molecule has 0 radical (unpaired) electrons. The Morgan fingerprint density at radius 3 is 2.83 bits per heavy atom. The van der Waals surface area contributed by atoms with Gasteiger partial charge in [-0.25, -0.2) is 0 Å². The molecule has 2 aromatic heterocycles. The summed E-state index contributed by atoms with van der Waals surface area (Å²) in [4.78, 5) is 16.5. The van der Waals surface area contributed by atoms with E-state index >= 15 is 0 Å². The van der Waals surface area contributed by atoms with Crippen molar-refractivity contribution in [2.24, 2.45) is 0 Å². The van der Waals surface area contributed by atoms with Gasteiger partial charge in [-0.2, -0.15) is 5.10 Å². The van der Waals surface area contributed by atoms with E-state index in [1.807, 2.05) is 16.9 Å². The van der Waals surface area contributed by atoms with Crippen LogP contribution in [0.3, 0.4) is 0 Å². The van der Waals surface area contributed by atoms with Gasteiger partial charge in [0.25, 0.3) is 0 Å². The molecule has 0 saturated carbocycles. The second-order valence-corrected chi connectivity index (χ2v) is 5.11. The van der Waals surface area contributed by atoms with Gasteiger partial charge in [0.2, 0.25) is 0 Å². The second kappa shape index (κ2) is 5.91. The number of nitrogens with zero attached hydrogens (tertiary/aromatic N) is 3. The molecule has 2 heterocycles. The molecule has 2 aromatic rings. The molecule has 0 N–H and O–H groups in total. The first-order valence-corrected chi connectivity index (χ1v) is 7.08. The third-order valence-corrected chi connectivity index (χ3v) is 3.84. The summed E-state index contributed by atoms with van der Waals surface area (Å²) < 4.78 is 1.97. The predicted octanol–water partition coefficient (Wildman–Crippen LogP) is 3.13. The van der Waals surface area contributed by atoms with Gasteiger partial charge in [0, 0.05) is 12.4 Å². The first-order chi connectivity index (χ1) is 8.74. The summed E-state index contributed by atoms with van der Waals surface area (Å²) in [5.41, 5.74) is 2.51. The molecule has 5 heteroatoms. The van der Waals surface area contributed by atoms with Crippen molar-refractivity contribution < 1.29 is 4.79 Å². The van der Waals surface area contributed by atoms with Gasteiger partial charge < -0.3 is 0 Å². The minimum atomic E-state index is 0.0901. The fourth-order valence-corrected chi connectivity index (χ4v) is 2.50. The lowest BCUT2D eigenvalue weighted by Crippen LogP contribution is -2.09. The molecule has 0 atom stereocenters. The van der Waals surface area contributed by atoms with Crippen LogP contribution < -0.4 is 0 Å². The first-order valence-electron chi connectivity index (χ1n) is 6.20. The Morgan fingerprint density at radius 1 is 1.44 bits per heavy atom. The van der Waals surface area contributed by atoms with E-state index in [0.717, 1.165) is 18.5 Å². The number of carbonyl (C=O) groups excluding carboxylic acids is 1. The summed E-state index contributed by atoms with van der Waals surface area (Å²) in [5, 5.41) is 4.48. The third-order valence-electron chi connectivity index (χ3n) is 3.03. The molecule has 0 saturated heterocycles. The Hall–Kier alpha value is -1.49. The molecule has 18 heavy (non-hydrogen) atoms. The maximum Gasteiger partial charge on any atom is 0.180 e. The van der Waals surface area contributed by atoms with E-state index in [1.165, 1.54) is 11.3 Å². The molecule has 4 nitrogen and oxygen atoms in total. The summed E-state index contributed by atoms with van der Waals surface area (Å²) in [6.45, 7) is 4.30. The molecular weight excluding hydrogens is 246 g/mol. The molecule has 0 fully saturated rings. The van der Waals surface area contributed by atoms with Crippen LogP contribution >= 0.6 is 11.3 Å². The lowest BCUT2D eigenvalue weighted by Gasteiger charge is -2.12. The Balaban J connectivity index is 2.05. The molecule has 0 bridgehead atoms. The zero-order valence-electron chi connectivity index (χ0n) is 10.7. The van der Waals surface area contributed by atoms with Crippen LogP contribution in [-0.4, -0.2) is 20.5 Å². The summed E-state index contributed by atoms with van der Waals surface area (Å²) in [5.74, 6) is 0.0901. The summed E-state index contributed by atoms with van der Waals surface area (Å²) >= 11 is 1.38. The van der Waals surface area contributed by atoms with Gasteiger partial charge in [0.05, 0.1) is 28.5 Å². The topological polar surface area (TPSA) is 47.8 Å². The fourth-order valence-electron chi connectivity index (χ4n) is 1.94. The molecule has 0 amide bonds. The lowest BCUT2D eigenvalue weighted by molar-refractivity contribution is 0.0995. The number of thiazole rings is 1. The van der Waals surface area contributed by atoms with Gasteiger partial charge in [0.1, 0.15) is 0 Å². The molecule has 0 aliphatic carbocycles. The zero-order valence-corrected chi connectivity index (χ0v) is 11.5. The number of Topliss-reactive ketones (excluding diaryl/α,β-unsaturated/α-hetero) is 1. The van der Waals surface area contributed by atoms with Gasteiger partial charge in [0.15, 0.2) is 5.78 Å². The van der Waals surface area contributed by atoms with Crippen molar-refractivity contribution >= 4 is 17.1 Å². The standard InChI is InChI=1S/C13H17N3OS/c1-3-11(4-2)16-6-5-10(15-16)7-12(17)13-8-14-9-18-13/h5-6,8-9,11H,3-4,7H2,1-2H3. The Morgan fingerprint density at radius 2 is 2.22 bits per heavy atom. The van der Waals surface area contributed by atoms with E-state index in [9.17, 15) is 4.79 Å². The van der Waals surface area contributed by atoms with Gasteiger partial charge in [-0.05, 0) is 18.9 Å². The quantitative estimate of drug-likeness (QED) is 0.752. The number of carbonyl (C=O) groups is 1. The van der Waals surface area contributed by atoms with Crippen LogP contribution in [0.4, 0.5) is 0 Å². The van der Waals surface area contributed by atoms with Crippen molar-refractivity contribution in [3.63, 3.8) is 0 Å². The van der Waals surface area contributed by atoms with E-state index < -0.39 is 0 Å². The Kier molecular flexibility index (Phi) is 4.25. The van der Waals surface area contributed by atoms with Crippen LogP contribution in [0.1, 0.15) is 48.1 Å². The van der Waals surface area contributed by atoms with Crippen molar-refractivity contribution in [2.75, 3.05) is 0 Å². The highest BCUT2D eigenvalue weighted by Gasteiger charge is 2.12. The monoisotopic (exact) mass is 263 g/mol. The maximum absolute atomic E-state index is 11.9. The van der Waals surface area contributed by atoms with E-state index in [-0.39, 0.29) is 5.78 Å². The van der Waals surface area contributed by atoms with E-state index in [0.29, 0.717) is 17.3 Å². The van der Waals surface area contributed by atoms with Crippen molar-refractivity contribution in [1.82, 2.24) is 14.8 Å². The van der Waals surface area contributed by atoms with Crippen molar-refractivity contribution in [3.05, 3.63) is 34.5 Å². The zero-order chi connectivity index (χ0) is 13.0. The third kappa shape index (κ3) is 2.85. The molecule has 0 unspecified atom stereocenters. The van der Waals surface area contributed by atoms with Gasteiger partial charge in [-0.3, -0.25) is 14.5 Å². The molecule has 0 aliphatic heterocycles. The van der Waals surface area contributed by atoms with Crippen molar-refractivity contribution in [1.29, 1.82) is 0 Å². The van der Waals surface area contributed by atoms with Crippen LogP contribution in [0.15, 0.2) is 24.0 Å². The molecule has 0 spiro atoms. The number of hydrogen-bond acceptors (Lipinski definition) is 4. The number of aromatic nitrogens is 3. The molecule has 2 rings (SSSR count). The van der Waals surface area contributed by atoms with E-state index in [2.05, 4.69) is 23.9 Å². The molecule has 0 aliphatic rings. The van der Waals surface area contributed by atoms with Crippen molar-refractivity contribution in [3.8, 4) is 0 Å². The Bertz CT molecular complexity index is 500. The number of rotatable bonds is 6. The second-order valence-electron chi connectivity index (χ2n) is 4.22. The number of hydrogen-bond donors (Lipinski definition) is 0. The average molecular weight is 263 g/mol. The maximum atomic E-state index is 11.9. The molecule has 96 valence electrons. The van der Waals surface area contributed by atoms with Crippen LogP contribution in [0.2, 0.25) is 0 Å². The highest BCUT2D eigenvalue weighted by atomic mass is 32.1. The average Bonchev–Trinajstić information content (AvgIpc) is 3.01. The van der Waals surface area contributed by atoms with Gasteiger partial charge in [-0.15, -0.1) is 11.3 Å². The minimum Gasteiger partial charge on any atom is -0.293 e. The Labute approximate surface area is 111 Å². The van der Waals surface area contributed by atoms with E-state index in [1.54, 1.807) is 11.7 Å². The van der Waals surface area contributed by atoms with Crippen LogP contribution in [0.5, 0.6) is 0 Å². The molecular formula is C13H17N3OS. The highest BCUT2D eigenvalue weighted by Crippen LogP contribution is 2.16. The predicted molar refractivity (Wildman–Crippen MR) is 72.0 cm³/mol. The van der Waals surface area contributed by atoms with Crippen LogP contribution in [0.25, 0.3) is 0 Å². The van der Waals surface area contributed by atoms with Crippen LogP contribution in [-0.2, 0) is 6.42 Å². The normalized spacial score (nSPS) is 11.1. The van der Waals surface area contributed by atoms with E-state index in [4.69, 9.17) is 0 Å². The van der Waals surface area contributed by atoms with Gasteiger partial charge in [-0.1, -0.05) is 13.8 Å². The van der Waals surface area contributed by atoms with Crippen LogP contribution in [0, 0.1) is 0 Å². The smallest absolute Gasteiger partial charge is 0.180 e. The minimum absolute atomic E-state index is 0.0901. The summed E-state index contributed by atoms with van der Waals surface area (Å²) in [6, 6.07) is 2.36. The first kappa shape index (κ1) is 13.0. The van der Waals surface area contributed by atoms with Gasteiger partial charge >= 0.3 is 0 Å². The number of ketones is 1. The lowest BCUT2D eigenvalue weighted by atomic mass is 10.2. The molecule has 0 aromatic carbocycles. The summed E-state index contributed by atoms with van der Waals surface area (Å²) in [6.07, 6.45) is 6.05. The van der Waals surface area contributed by atoms with Crippen molar-refractivity contribution in [2.45, 2.75) is 39.2 Å².